The molecule has 0 heterocycles. The van der Waals surface area contributed by atoms with Crippen molar-refractivity contribution in [1.29, 1.82) is 0 Å². The lowest BCUT2D eigenvalue weighted by atomic mass is 10.2. The number of rotatable bonds is 8. The van der Waals surface area contributed by atoms with Gasteiger partial charge in [-0.05, 0) is 24.3 Å². The highest BCUT2D eigenvalue weighted by molar-refractivity contribution is 7.99. The van der Waals surface area contributed by atoms with Crippen LogP contribution in [0.4, 0.5) is 4.70 Å². The Morgan fingerprint density at radius 3 is 1.92 bits per heavy atom. The molecular weight excluding hydrogens is 171 g/mol. The van der Waals surface area contributed by atoms with E-state index >= 15 is 0 Å². The van der Waals surface area contributed by atoms with Gasteiger partial charge in [-0.25, -0.2) is 0 Å². The Bertz CT molecular complexity index is 58.9. The van der Waals surface area contributed by atoms with Crippen LogP contribution in [0.1, 0.15) is 52.4 Å². The van der Waals surface area contributed by atoms with E-state index in [1.807, 2.05) is 0 Å². The molecule has 0 fully saturated rings. The lowest BCUT2D eigenvalue weighted by Crippen LogP contribution is -1.83. The summed E-state index contributed by atoms with van der Waals surface area (Å²) in [6, 6.07) is 0. The van der Waals surface area contributed by atoms with Crippen LogP contribution in [-0.2, 0) is 0 Å². The largest absolute Gasteiger partial charge is 0.269 e. The van der Waals surface area contributed by atoms with E-state index in [0.29, 0.717) is 0 Å². The monoisotopic (exact) mass is 194 g/mol. The Morgan fingerprint density at radius 1 is 0.750 bits per heavy atom. The van der Waals surface area contributed by atoms with Crippen molar-refractivity contribution < 1.29 is 4.70 Å². The fraction of sp³-hybridized carbons (Fsp3) is 1.00. The van der Waals surface area contributed by atoms with E-state index < -0.39 is 0 Å². The fourth-order valence-electron chi connectivity index (χ4n) is 0.979. The molecule has 0 aliphatic rings. The lowest BCUT2D eigenvalue weighted by molar-refractivity contribution is 0.706. The van der Waals surface area contributed by atoms with E-state index in [4.69, 9.17) is 0 Å². The van der Waals surface area contributed by atoms with Gasteiger partial charge in [-0.15, -0.1) is 0 Å². The lowest BCUT2D eigenvalue weighted by Gasteiger charge is -1.99. The van der Waals surface area contributed by atoms with Crippen molar-refractivity contribution in [3.05, 3.63) is 0 Å². The first kappa shape index (κ1) is 14.8. The van der Waals surface area contributed by atoms with E-state index in [1.54, 1.807) is 0 Å². The molecule has 0 rings (SSSR count). The quantitative estimate of drug-likeness (QED) is 0.520. The molecule has 0 bridgehead atoms. The molecule has 12 heavy (non-hydrogen) atoms. The molecule has 0 atom stereocenters. The maximum absolute atomic E-state index is 2.27. The molecule has 0 saturated heterocycles. The van der Waals surface area contributed by atoms with Gasteiger partial charge in [-0.3, -0.25) is 4.70 Å². The van der Waals surface area contributed by atoms with E-state index in [-0.39, 0.29) is 4.70 Å². The third kappa shape index (κ3) is 12.9. The Morgan fingerprint density at radius 2 is 1.33 bits per heavy atom. The van der Waals surface area contributed by atoms with Crippen molar-refractivity contribution in [2.75, 3.05) is 11.5 Å². The van der Waals surface area contributed by atoms with Crippen LogP contribution < -0.4 is 0 Å². The molecule has 0 N–H and O–H groups in total. The summed E-state index contributed by atoms with van der Waals surface area (Å²) >= 11 is 2.13. The van der Waals surface area contributed by atoms with Crippen molar-refractivity contribution in [2.45, 2.75) is 52.4 Å². The second kappa shape index (κ2) is 13.8. The zero-order valence-corrected chi connectivity index (χ0v) is 9.29. The summed E-state index contributed by atoms with van der Waals surface area (Å²) in [7, 11) is 0. The summed E-state index contributed by atoms with van der Waals surface area (Å²) in [6.45, 7) is 4.53. The topological polar surface area (TPSA) is 0 Å². The van der Waals surface area contributed by atoms with E-state index in [2.05, 4.69) is 25.6 Å². The van der Waals surface area contributed by atoms with Crippen LogP contribution in [0.2, 0.25) is 0 Å². The Balaban J connectivity index is 0. The second-order valence-corrected chi connectivity index (χ2v) is 4.25. The van der Waals surface area contributed by atoms with E-state index in [1.165, 1.54) is 50.0 Å². The molecule has 0 aliphatic carbocycles. The zero-order chi connectivity index (χ0) is 8.36. The van der Waals surface area contributed by atoms with Crippen LogP contribution in [0, 0.1) is 0 Å². The number of halogens is 1. The SMILES string of the molecule is CCCCCCSCCCC.F. The van der Waals surface area contributed by atoms with Crippen LogP contribution >= 0.6 is 11.8 Å². The normalized spacial score (nSPS) is 9.50. The molecule has 2 heteroatoms. The first-order valence-corrected chi connectivity index (χ1v) is 6.15. The van der Waals surface area contributed by atoms with Gasteiger partial charge in [0, 0.05) is 0 Å². The second-order valence-electron chi connectivity index (χ2n) is 3.03. The minimum absolute atomic E-state index is 0. The molecule has 0 radical (unpaired) electrons. The predicted octanol–water partition coefficient (Wildman–Crippen LogP) is 4.25. The van der Waals surface area contributed by atoms with Gasteiger partial charge in [0.15, 0.2) is 0 Å². The molecular formula is C10H23FS. The Kier molecular flexibility index (Phi) is 17.1. The van der Waals surface area contributed by atoms with Crippen molar-refractivity contribution >= 4 is 11.8 Å². The fourth-order valence-corrected chi connectivity index (χ4v) is 2.08. The average molecular weight is 194 g/mol. The number of hydrogen-bond acceptors (Lipinski definition) is 1. The van der Waals surface area contributed by atoms with Crippen molar-refractivity contribution in [1.82, 2.24) is 0 Å². The van der Waals surface area contributed by atoms with Gasteiger partial charge in [0.25, 0.3) is 0 Å². The Hall–Kier alpha value is 0.280. The predicted molar refractivity (Wildman–Crippen MR) is 58.9 cm³/mol. The molecule has 0 aromatic heterocycles. The van der Waals surface area contributed by atoms with Crippen LogP contribution in [-0.4, -0.2) is 11.5 Å². The summed E-state index contributed by atoms with van der Waals surface area (Å²) < 4.78 is 0. The number of unbranched alkanes of at least 4 members (excludes halogenated alkanes) is 4. The third-order valence-electron chi connectivity index (χ3n) is 1.78. The molecule has 0 unspecified atom stereocenters. The third-order valence-corrected chi connectivity index (χ3v) is 2.94. The van der Waals surface area contributed by atoms with Crippen molar-refractivity contribution in [3.63, 3.8) is 0 Å². The molecule has 0 aliphatic heterocycles. The average Bonchev–Trinajstić information content (AvgIpc) is 2.03. The summed E-state index contributed by atoms with van der Waals surface area (Å²) in [5.41, 5.74) is 0. The summed E-state index contributed by atoms with van der Waals surface area (Å²) in [4.78, 5) is 0. The van der Waals surface area contributed by atoms with Crippen LogP contribution in [0.3, 0.4) is 0 Å². The minimum Gasteiger partial charge on any atom is -0.269 e. The van der Waals surface area contributed by atoms with Gasteiger partial charge in [0.2, 0.25) is 0 Å². The maximum atomic E-state index is 2.27. The van der Waals surface area contributed by atoms with Gasteiger partial charge in [-0.2, -0.15) is 11.8 Å². The van der Waals surface area contributed by atoms with Gasteiger partial charge in [-0.1, -0.05) is 39.5 Å². The highest BCUT2D eigenvalue weighted by atomic mass is 32.2. The molecule has 0 aromatic rings. The summed E-state index contributed by atoms with van der Waals surface area (Å²) in [6.07, 6.45) is 8.41. The molecule has 0 saturated carbocycles. The molecule has 0 amide bonds. The first-order valence-electron chi connectivity index (χ1n) is 4.99. The molecule has 0 nitrogen and oxygen atoms in total. The first-order chi connectivity index (χ1) is 5.41. The minimum atomic E-state index is 0. The zero-order valence-electron chi connectivity index (χ0n) is 8.47. The number of thioether (sulfide) groups is 1. The van der Waals surface area contributed by atoms with Gasteiger partial charge >= 0.3 is 0 Å². The summed E-state index contributed by atoms with van der Waals surface area (Å²) in [5.74, 6) is 2.77. The van der Waals surface area contributed by atoms with Crippen molar-refractivity contribution in [2.24, 2.45) is 0 Å². The highest BCUT2D eigenvalue weighted by Crippen LogP contribution is 2.09. The van der Waals surface area contributed by atoms with E-state index in [0.717, 1.165) is 0 Å². The maximum Gasteiger partial charge on any atom is -0.00675 e. The standard InChI is InChI=1S/C10H22S.FH/c1-3-5-7-8-10-11-9-6-4-2;/h3-10H2,1-2H3;1H. The van der Waals surface area contributed by atoms with Crippen LogP contribution in [0.25, 0.3) is 0 Å². The van der Waals surface area contributed by atoms with Gasteiger partial charge in [0.05, 0.1) is 0 Å². The number of hydrogen-bond donors (Lipinski definition) is 0. The molecule has 0 aromatic carbocycles. The van der Waals surface area contributed by atoms with Crippen molar-refractivity contribution in [3.8, 4) is 0 Å². The van der Waals surface area contributed by atoms with Crippen LogP contribution in [0.15, 0.2) is 0 Å². The molecule has 76 valence electrons. The summed E-state index contributed by atoms with van der Waals surface area (Å²) in [5, 5.41) is 0. The smallest absolute Gasteiger partial charge is 0.00675 e. The highest BCUT2D eigenvalue weighted by Gasteiger charge is 1.88. The van der Waals surface area contributed by atoms with E-state index in [9.17, 15) is 0 Å². The van der Waals surface area contributed by atoms with Crippen LogP contribution in [0.5, 0.6) is 0 Å². The van der Waals surface area contributed by atoms with Gasteiger partial charge in [0.1, 0.15) is 0 Å². The molecule has 0 spiro atoms. The van der Waals surface area contributed by atoms with Gasteiger partial charge < -0.3 is 0 Å². The Labute approximate surface area is 80.9 Å².